The minimum absolute atomic E-state index is 0.0148. The third kappa shape index (κ3) is 22.6. The molecule has 0 radical (unpaired) electrons. The zero-order valence-corrected chi connectivity index (χ0v) is 68.5. The Kier molecular flexibility index (Phi) is 28.5. The van der Waals surface area contributed by atoms with Gasteiger partial charge in [0.05, 0.1) is 108 Å². The Morgan fingerprint density at radius 1 is 0.479 bits per heavy atom. The number of nitrogens with zero attached hydrogens (tertiary/aromatic N) is 9. The molecule has 9 aliphatic heterocycles. The number of ether oxygens (including phenoxy) is 4. The van der Waals surface area contributed by atoms with Crippen LogP contribution in [-0.4, -0.2) is 231 Å². The minimum atomic E-state index is -4.77. The molecule has 6 fully saturated rings. The summed E-state index contributed by atoms with van der Waals surface area (Å²) in [5, 5.41) is 16.7. The van der Waals surface area contributed by atoms with E-state index in [-0.39, 0.29) is 52.4 Å². The molecule has 1 atom stereocenters. The van der Waals surface area contributed by atoms with Gasteiger partial charge in [-0.05, 0) is 147 Å². The number of rotatable bonds is 18. The van der Waals surface area contributed by atoms with Gasteiger partial charge in [0.2, 0.25) is 5.88 Å². The number of nitrogens with one attached hydrogen (secondary N) is 6. The lowest BCUT2D eigenvalue weighted by Gasteiger charge is -2.40. The number of likely N-dealkylation sites (N-methyl/N-ethyl adjacent to an activating group) is 3. The molecule has 6 saturated heterocycles. The Bertz CT molecular complexity index is 5050. The van der Waals surface area contributed by atoms with Crippen molar-refractivity contribution in [1.82, 2.24) is 45.4 Å². The highest BCUT2D eigenvalue weighted by Gasteiger charge is 2.42. The van der Waals surface area contributed by atoms with Gasteiger partial charge >= 0.3 is 12.4 Å². The van der Waals surface area contributed by atoms with Crippen molar-refractivity contribution < 1.29 is 72.8 Å². The van der Waals surface area contributed by atoms with Crippen LogP contribution in [0.3, 0.4) is 0 Å². The molecule has 0 aliphatic carbocycles. The van der Waals surface area contributed by atoms with Gasteiger partial charge in [0.15, 0.2) is 0 Å². The highest BCUT2D eigenvalue weighted by atomic mass is 19.4. The van der Waals surface area contributed by atoms with Gasteiger partial charge < -0.3 is 80.2 Å². The summed E-state index contributed by atoms with van der Waals surface area (Å²) in [7, 11) is 6.13. The lowest BCUT2D eigenvalue weighted by atomic mass is 9.99. The highest BCUT2D eigenvalue weighted by molar-refractivity contribution is 6.11. The first kappa shape index (κ1) is 87.8. The van der Waals surface area contributed by atoms with E-state index in [1.807, 2.05) is 69.3 Å². The molecule has 10 heterocycles. The number of benzene rings is 5. The molecule has 0 spiro atoms. The molecule has 0 saturated carbocycles. The average Bonchev–Trinajstić information content (AvgIpc) is 0.790. The topological polar surface area (TPSA) is 199 Å². The number of dihydropyridines is 3. The lowest BCUT2D eigenvalue weighted by Crippen LogP contribution is -2.50. The number of morpholine rings is 2. The van der Waals surface area contributed by atoms with Crippen LogP contribution < -0.4 is 51.3 Å². The third-order valence-electron chi connectivity index (χ3n) is 22.4. The van der Waals surface area contributed by atoms with Crippen molar-refractivity contribution in [1.29, 1.82) is 0 Å². The molecular weight excluding hydrogens is 1570 g/mol. The van der Waals surface area contributed by atoms with Crippen molar-refractivity contribution in [3.63, 3.8) is 0 Å². The Hall–Kier alpha value is -11.0. The van der Waals surface area contributed by atoms with Crippen molar-refractivity contribution in [3.05, 3.63) is 239 Å². The third-order valence-corrected chi connectivity index (χ3v) is 22.4. The second-order valence-electron chi connectivity index (χ2n) is 31.4. The minimum Gasteiger partial charge on any atom is -0.474 e. The van der Waals surface area contributed by atoms with Crippen molar-refractivity contribution in [2.45, 2.75) is 64.3 Å². The van der Waals surface area contributed by atoms with Crippen LogP contribution in [0.2, 0.25) is 0 Å². The Morgan fingerprint density at radius 3 is 1.31 bits per heavy atom. The van der Waals surface area contributed by atoms with Gasteiger partial charge in [-0.25, -0.2) is 18.2 Å². The fourth-order valence-electron chi connectivity index (χ4n) is 15.7. The first-order valence-corrected chi connectivity index (χ1v) is 40.5. The number of allylic oxidation sites excluding steroid dienone is 3. The van der Waals surface area contributed by atoms with Crippen LogP contribution in [0.15, 0.2) is 210 Å². The number of carbonyl (C=O) groups is 3. The molecule has 31 heteroatoms. The highest BCUT2D eigenvalue weighted by Crippen LogP contribution is 2.42. The van der Waals surface area contributed by atoms with E-state index in [2.05, 4.69) is 98.0 Å². The Morgan fingerprint density at radius 2 is 0.876 bits per heavy atom. The second kappa shape index (κ2) is 39.2. The molecule has 5 aromatic carbocycles. The van der Waals surface area contributed by atoms with E-state index >= 15 is 13.2 Å². The van der Waals surface area contributed by atoms with E-state index in [0.29, 0.717) is 116 Å². The van der Waals surface area contributed by atoms with Crippen LogP contribution in [0.5, 0.6) is 5.88 Å². The first-order valence-electron chi connectivity index (χ1n) is 40.5. The predicted octanol–water partition coefficient (Wildman–Crippen LogP) is 13.5. The number of alkyl halides is 6. The SMILES string of the molecule is C=C1C=C(C(F)(F)F)C(C(=O)Nc2cc(-c3cc(CN4CCOCC4)ccc3F)ccc2N2CCN(C)C[C@@H]2C)=CN1.C=C1C=C(C(F)(F)F)C(C(=O)Nc2cc(-c3cc(OC4CCOCC4)ncc3F)ccc2N2CCN(C)CC2)=CN1.C=C1C=C(C)C(C(=O)Nc2cc(-c3cc(CN4CCOCC4)ccc3F)ccc2N2CCN(C)CC2)=CN1. The van der Waals surface area contributed by atoms with Gasteiger partial charge in [-0.15, -0.1) is 0 Å². The molecule has 6 aromatic rings. The predicted molar refractivity (Wildman–Crippen MR) is 453 cm³/mol. The summed E-state index contributed by atoms with van der Waals surface area (Å²) < 4.78 is 150. The summed E-state index contributed by atoms with van der Waals surface area (Å²) in [4.78, 5) is 61.7. The fourth-order valence-corrected chi connectivity index (χ4v) is 15.7. The summed E-state index contributed by atoms with van der Waals surface area (Å²) >= 11 is 0. The molecule has 121 heavy (non-hydrogen) atoms. The number of pyridine rings is 1. The average molecular weight is 1680 g/mol. The summed E-state index contributed by atoms with van der Waals surface area (Å²) in [5.41, 5.74) is 6.98. The summed E-state index contributed by atoms with van der Waals surface area (Å²) in [5.74, 6) is -3.17. The van der Waals surface area contributed by atoms with Crippen LogP contribution in [0.1, 0.15) is 37.8 Å². The van der Waals surface area contributed by atoms with Gasteiger partial charge in [-0.3, -0.25) is 24.2 Å². The molecule has 0 unspecified atom stereocenters. The van der Waals surface area contributed by atoms with Crippen molar-refractivity contribution in [3.8, 4) is 39.3 Å². The van der Waals surface area contributed by atoms with Crippen molar-refractivity contribution >= 4 is 51.8 Å². The maximum Gasteiger partial charge on any atom is 0.417 e. The fraction of sp³-hybridized carbons (Fsp3) is 0.378. The first-order chi connectivity index (χ1) is 57.9. The van der Waals surface area contributed by atoms with Gasteiger partial charge in [-0.1, -0.05) is 50.1 Å². The quantitative estimate of drug-likeness (QED) is 0.0444. The van der Waals surface area contributed by atoms with Crippen LogP contribution in [0.4, 0.5) is 73.6 Å². The van der Waals surface area contributed by atoms with E-state index in [1.54, 1.807) is 54.7 Å². The van der Waals surface area contributed by atoms with Crippen LogP contribution in [0, 0.1) is 17.5 Å². The molecular formula is C90H102F9N15O7. The summed E-state index contributed by atoms with van der Waals surface area (Å²) in [6.07, 6.45) is -0.0398. The Labute approximate surface area is 699 Å². The molecule has 9 aliphatic rings. The van der Waals surface area contributed by atoms with Crippen LogP contribution in [0.25, 0.3) is 33.4 Å². The molecule has 6 N–H and O–H groups in total. The number of hydrogen-bond donors (Lipinski definition) is 6. The van der Waals surface area contributed by atoms with E-state index in [9.17, 15) is 40.7 Å². The number of aromatic nitrogens is 1. The van der Waals surface area contributed by atoms with Gasteiger partial charge in [0.1, 0.15) is 23.6 Å². The number of halogens is 9. The van der Waals surface area contributed by atoms with Crippen molar-refractivity contribution in [2.75, 3.05) is 190 Å². The molecule has 642 valence electrons. The van der Waals surface area contributed by atoms with Gasteiger partial charge in [0, 0.05) is 189 Å². The monoisotopic (exact) mass is 1680 g/mol. The van der Waals surface area contributed by atoms with Crippen LogP contribution >= 0.6 is 0 Å². The zero-order valence-electron chi connectivity index (χ0n) is 68.5. The smallest absolute Gasteiger partial charge is 0.417 e. The zero-order chi connectivity index (χ0) is 85.8. The number of amides is 3. The molecule has 1 aromatic heterocycles. The largest absolute Gasteiger partial charge is 0.474 e. The van der Waals surface area contributed by atoms with Gasteiger partial charge in [-0.2, -0.15) is 26.3 Å². The van der Waals surface area contributed by atoms with E-state index in [4.69, 9.17) is 18.9 Å². The second-order valence-corrected chi connectivity index (χ2v) is 31.4. The summed E-state index contributed by atoms with van der Waals surface area (Å²) in [6, 6.07) is 27.9. The number of piperazine rings is 3. The number of hydrogen-bond acceptors (Lipinski definition) is 19. The normalized spacial score (nSPS) is 19.5. The maximum absolute atomic E-state index is 15.2. The van der Waals surface area contributed by atoms with Gasteiger partial charge in [0.25, 0.3) is 17.7 Å². The van der Waals surface area contributed by atoms with Crippen molar-refractivity contribution in [2.24, 2.45) is 0 Å². The maximum atomic E-state index is 15.2. The molecule has 22 nitrogen and oxygen atoms in total. The number of carbonyl (C=O) groups excluding carboxylic acids is 3. The summed E-state index contributed by atoms with van der Waals surface area (Å²) in [6.45, 7) is 32.0. The lowest BCUT2D eigenvalue weighted by molar-refractivity contribution is -0.115. The number of anilines is 6. The Balaban J connectivity index is 0.000000157. The van der Waals surface area contributed by atoms with E-state index in [1.165, 1.54) is 18.2 Å². The van der Waals surface area contributed by atoms with E-state index in [0.717, 1.165) is 163 Å². The van der Waals surface area contributed by atoms with E-state index < -0.39 is 58.1 Å². The standard InChI is InChI=1S/C31H35F4N5O2.C30H36FN5O2.C29H31F4N5O3/c1-20-14-26(31(33,34)35)25(17-36-20)30(41)37-28-16-23(5-7-29(28)40-9-8-38(3)18-21(40)2)24-15-22(4-6-27(24)32)19-39-10-12-42-13-11-39;1-21-16-22(2)32-19-26(21)30(37)33-28-18-24(5-7-29(28)36-10-8-34(3)9-11-36)25-17-23(4-6-27(25)31)20-35-12-14-38-15-13-35;1-18-13-23(29(31,32)33)22(16-34-18)28(39)36-25-14-19(3-4-26(25)38-9-7-37(2)8-10-38)21-15-27(35-17-24(21)30)41-20-5-11-40-12-6-20/h4-7,14-17,21,36H,1,8-13,18-19H2,2-3H3,(H,37,41);4-7,16-19,32H,2,8-15,20H2,1,3H3,(H,33,37);3-4,13-17,20,34H,1,5-12H2,2H3,(H,36,39)/t21-;;/m0../s1. The molecule has 0 bridgehead atoms. The molecule has 15 rings (SSSR count). The molecule has 3 amide bonds. The van der Waals surface area contributed by atoms with Crippen LogP contribution in [-0.2, 0) is 41.7 Å².